The van der Waals surface area contributed by atoms with Crippen LogP contribution in [-0.2, 0) is 11.3 Å². The van der Waals surface area contributed by atoms with E-state index in [0.717, 1.165) is 27.6 Å². The van der Waals surface area contributed by atoms with Crippen LogP contribution < -0.4 is 10.1 Å². The van der Waals surface area contributed by atoms with Crippen LogP contribution in [0.25, 0.3) is 0 Å². The van der Waals surface area contributed by atoms with Gasteiger partial charge in [-0.2, -0.15) is 0 Å². The molecule has 1 unspecified atom stereocenters. The molecule has 0 aliphatic carbocycles. The molecule has 114 valence electrons. The molecule has 6 heteroatoms. The van der Waals surface area contributed by atoms with Gasteiger partial charge in [0.05, 0.1) is 15.6 Å². The van der Waals surface area contributed by atoms with Crippen molar-refractivity contribution in [1.29, 1.82) is 0 Å². The molecule has 0 aliphatic rings. The fourth-order valence-electron chi connectivity index (χ4n) is 1.60. The Morgan fingerprint density at radius 1 is 1.20 bits per heavy atom. The molecular formula is C14H21Br2NO3. The van der Waals surface area contributed by atoms with E-state index in [1.807, 2.05) is 19.1 Å². The van der Waals surface area contributed by atoms with Crippen molar-refractivity contribution in [1.82, 2.24) is 5.32 Å². The van der Waals surface area contributed by atoms with Crippen molar-refractivity contribution in [3.63, 3.8) is 0 Å². The Balaban J connectivity index is 2.61. The van der Waals surface area contributed by atoms with Crippen molar-refractivity contribution >= 4 is 31.9 Å². The molecule has 0 bridgehead atoms. The standard InChI is InChI=1S/C14H21Br2NO3/c1-3-17-7-10-5-12(15)14(13(16)6-10)20-9-11(18)8-19-4-2/h5-6,11,17-18H,3-4,7-9H2,1-2H3. The third-order valence-corrected chi connectivity index (χ3v) is 3.75. The van der Waals surface area contributed by atoms with Gasteiger partial charge >= 0.3 is 0 Å². The lowest BCUT2D eigenvalue weighted by Gasteiger charge is -2.15. The Hall–Kier alpha value is -0.140. The molecule has 0 fully saturated rings. The van der Waals surface area contributed by atoms with Crippen molar-refractivity contribution in [2.45, 2.75) is 26.5 Å². The molecule has 0 radical (unpaired) electrons. The lowest BCUT2D eigenvalue weighted by atomic mass is 10.2. The Morgan fingerprint density at radius 2 is 1.85 bits per heavy atom. The Kier molecular flexibility index (Phi) is 8.72. The number of rotatable bonds is 9. The second-order valence-electron chi connectivity index (χ2n) is 4.29. The summed E-state index contributed by atoms with van der Waals surface area (Å²) in [7, 11) is 0. The van der Waals surface area contributed by atoms with Gasteiger partial charge in [-0.3, -0.25) is 0 Å². The van der Waals surface area contributed by atoms with Gasteiger partial charge in [-0.15, -0.1) is 0 Å². The van der Waals surface area contributed by atoms with E-state index in [1.54, 1.807) is 0 Å². The first-order chi connectivity index (χ1) is 9.58. The molecule has 0 aliphatic heterocycles. The zero-order valence-electron chi connectivity index (χ0n) is 11.8. The summed E-state index contributed by atoms with van der Waals surface area (Å²) in [4.78, 5) is 0. The number of aliphatic hydroxyl groups is 1. The molecule has 0 saturated carbocycles. The number of ether oxygens (including phenoxy) is 2. The second kappa shape index (κ2) is 9.73. The first-order valence-electron chi connectivity index (χ1n) is 6.65. The average Bonchev–Trinajstić information content (AvgIpc) is 2.41. The molecule has 0 heterocycles. The predicted molar refractivity (Wildman–Crippen MR) is 87.2 cm³/mol. The fraction of sp³-hybridized carbons (Fsp3) is 0.571. The topological polar surface area (TPSA) is 50.7 Å². The lowest BCUT2D eigenvalue weighted by Crippen LogP contribution is -2.23. The van der Waals surface area contributed by atoms with E-state index in [-0.39, 0.29) is 13.2 Å². The van der Waals surface area contributed by atoms with E-state index < -0.39 is 6.10 Å². The summed E-state index contributed by atoms with van der Waals surface area (Å²) in [5, 5.41) is 13.0. The monoisotopic (exact) mass is 409 g/mol. The van der Waals surface area contributed by atoms with Crippen LogP contribution in [0.2, 0.25) is 0 Å². The van der Waals surface area contributed by atoms with Crippen molar-refractivity contribution in [3.05, 3.63) is 26.6 Å². The molecule has 1 aromatic rings. The van der Waals surface area contributed by atoms with Crippen molar-refractivity contribution < 1.29 is 14.6 Å². The minimum atomic E-state index is -0.629. The Labute approximate surface area is 137 Å². The summed E-state index contributed by atoms with van der Waals surface area (Å²) in [6.07, 6.45) is -0.629. The summed E-state index contributed by atoms with van der Waals surface area (Å²) in [5.41, 5.74) is 1.16. The normalized spacial score (nSPS) is 12.4. The second-order valence-corrected chi connectivity index (χ2v) is 6.00. The number of nitrogens with one attached hydrogen (secondary N) is 1. The number of benzene rings is 1. The summed E-state index contributed by atoms with van der Waals surface area (Å²) in [5.74, 6) is 0.695. The van der Waals surface area contributed by atoms with Crippen LogP contribution in [0.3, 0.4) is 0 Å². The average molecular weight is 411 g/mol. The minimum Gasteiger partial charge on any atom is -0.488 e. The molecule has 20 heavy (non-hydrogen) atoms. The minimum absolute atomic E-state index is 0.198. The van der Waals surface area contributed by atoms with Crippen molar-refractivity contribution in [2.24, 2.45) is 0 Å². The van der Waals surface area contributed by atoms with Gasteiger partial charge in [0.2, 0.25) is 0 Å². The van der Waals surface area contributed by atoms with Gasteiger partial charge in [0.15, 0.2) is 0 Å². The zero-order chi connectivity index (χ0) is 15.0. The third kappa shape index (κ3) is 6.10. The van der Waals surface area contributed by atoms with Gasteiger partial charge in [-0.05, 0) is 63.0 Å². The number of hydrogen-bond donors (Lipinski definition) is 2. The summed E-state index contributed by atoms with van der Waals surface area (Å²) >= 11 is 6.99. The molecule has 0 amide bonds. The highest BCUT2D eigenvalue weighted by Gasteiger charge is 2.12. The molecule has 2 N–H and O–H groups in total. The van der Waals surface area contributed by atoms with Crippen molar-refractivity contribution in [2.75, 3.05) is 26.4 Å². The maximum absolute atomic E-state index is 9.70. The smallest absolute Gasteiger partial charge is 0.147 e. The molecule has 1 rings (SSSR count). The highest BCUT2D eigenvalue weighted by molar-refractivity contribution is 9.11. The third-order valence-electron chi connectivity index (χ3n) is 2.57. The van der Waals surface area contributed by atoms with Gasteiger partial charge < -0.3 is 19.9 Å². The van der Waals surface area contributed by atoms with Crippen LogP contribution in [0.1, 0.15) is 19.4 Å². The van der Waals surface area contributed by atoms with E-state index in [2.05, 4.69) is 44.1 Å². The number of halogens is 2. The van der Waals surface area contributed by atoms with E-state index in [0.29, 0.717) is 12.4 Å². The first-order valence-corrected chi connectivity index (χ1v) is 8.24. The van der Waals surface area contributed by atoms with Crippen LogP contribution in [-0.4, -0.2) is 37.6 Å². The highest BCUT2D eigenvalue weighted by Crippen LogP contribution is 2.34. The SMILES string of the molecule is CCNCc1cc(Br)c(OCC(O)COCC)c(Br)c1. The zero-order valence-corrected chi connectivity index (χ0v) is 15.0. The van der Waals surface area contributed by atoms with Gasteiger partial charge in [0.1, 0.15) is 18.5 Å². The Bertz CT molecular complexity index is 392. The fourth-order valence-corrected chi connectivity index (χ4v) is 3.11. The predicted octanol–water partition coefficient (Wildman–Crippen LogP) is 3.10. The first kappa shape index (κ1) is 17.9. The van der Waals surface area contributed by atoms with E-state index >= 15 is 0 Å². The molecule has 4 nitrogen and oxygen atoms in total. The number of aliphatic hydroxyl groups excluding tert-OH is 1. The molecule has 1 atom stereocenters. The molecule has 0 aromatic heterocycles. The molecule has 0 spiro atoms. The van der Waals surface area contributed by atoms with Crippen LogP contribution in [0.15, 0.2) is 21.1 Å². The van der Waals surface area contributed by atoms with Crippen LogP contribution >= 0.6 is 31.9 Å². The van der Waals surface area contributed by atoms with E-state index in [1.165, 1.54) is 0 Å². The van der Waals surface area contributed by atoms with Crippen LogP contribution in [0.5, 0.6) is 5.75 Å². The van der Waals surface area contributed by atoms with Gasteiger partial charge in [-0.1, -0.05) is 6.92 Å². The lowest BCUT2D eigenvalue weighted by molar-refractivity contribution is 0.0161. The summed E-state index contributed by atoms with van der Waals surface area (Å²) < 4.78 is 12.5. The molecule has 0 saturated heterocycles. The van der Waals surface area contributed by atoms with Crippen molar-refractivity contribution in [3.8, 4) is 5.75 Å². The van der Waals surface area contributed by atoms with Crippen LogP contribution in [0.4, 0.5) is 0 Å². The summed E-state index contributed by atoms with van der Waals surface area (Å²) in [6.45, 7) is 6.76. The van der Waals surface area contributed by atoms with Gasteiger partial charge in [-0.25, -0.2) is 0 Å². The maximum atomic E-state index is 9.70. The largest absolute Gasteiger partial charge is 0.488 e. The highest BCUT2D eigenvalue weighted by atomic mass is 79.9. The number of hydrogen-bond acceptors (Lipinski definition) is 4. The van der Waals surface area contributed by atoms with Gasteiger partial charge in [0, 0.05) is 13.2 Å². The summed E-state index contributed by atoms with van der Waals surface area (Å²) in [6, 6.07) is 4.02. The molecular weight excluding hydrogens is 390 g/mol. The maximum Gasteiger partial charge on any atom is 0.147 e. The quantitative estimate of drug-likeness (QED) is 0.656. The Morgan fingerprint density at radius 3 is 2.40 bits per heavy atom. The van der Waals surface area contributed by atoms with E-state index in [9.17, 15) is 5.11 Å². The van der Waals surface area contributed by atoms with E-state index in [4.69, 9.17) is 9.47 Å². The van der Waals surface area contributed by atoms with Crippen LogP contribution in [0, 0.1) is 0 Å². The molecule has 1 aromatic carbocycles. The van der Waals surface area contributed by atoms with Gasteiger partial charge in [0.25, 0.3) is 0 Å².